The highest BCUT2D eigenvalue weighted by Crippen LogP contribution is 2.32. The van der Waals surface area contributed by atoms with Gasteiger partial charge in [-0.25, -0.2) is 4.39 Å². The Hall–Kier alpha value is -2.14. The number of anilines is 1. The summed E-state index contributed by atoms with van der Waals surface area (Å²) >= 11 is 5.91. The summed E-state index contributed by atoms with van der Waals surface area (Å²) in [6, 6.07) is 9.05. The van der Waals surface area contributed by atoms with E-state index in [0.717, 1.165) is 5.56 Å². The molecule has 0 radical (unpaired) electrons. The van der Waals surface area contributed by atoms with E-state index in [1.54, 1.807) is 13.0 Å². The van der Waals surface area contributed by atoms with Gasteiger partial charge in [-0.2, -0.15) is 0 Å². The highest BCUT2D eigenvalue weighted by Gasteiger charge is 2.16. The molecular weight excluding hydrogens is 295 g/mol. The minimum atomic E-state index is -0.519. The van der Waals surface area contributed by atoms with E-state index in [1.165, 1.54) is 24.3 Å². The molecule has 21 heavy (non-hydrogen) atoms. The van der Waals surface area contributed by atoms with Crippen LogP contribution in [0.15, 0.2) is 36.4 Å². The Morgan fingerprint density at radius 1 is 1.33 bits per heavy atom. The molecule has 1 N–H and O–H groups in total. The predicted octanol–water partition coefficient (Wildman–Crippen LogP) is 4.87. The number of hydrogen-bond acceptors (Lipinski definition) is 3. The van der Waals surface area contributed by atoms with Gasteiger partial charge in [-0.1, -0.05) is 23.7 Å². The zero-order chi connectivity index (χ0) is 15.6. The molecule has 0 saturated heterocycles. The first-order chi connectivity index (χ1) is 9.88. The molecule has 0 aliphatic rings. The Balaban J connectivity index is 2.27. The Morgan fingerprint density at radius 2 is 2.05 bits per heavy atom. The largest absolute Gasteiger partial charge is 0.378 e. The van der Waals surface area contributed by atoms with Crippen LogP contribution in [-0.2, 0) is 0 Å². The molecule has 0 bridgehead atoms. The average molecular weight is 309 g/mol. The van der Waals surface area contributed by atoms with Crippen LogP contribution in [0.25, 0.3) is 0 Å². The van der Waals surface area contributed by atoms with Crippen molar-refractivity contribution in [3.05, 3.63) is 68.5 Å². The number of nitro benzene ring substituents is 1. The van der Waals surface area contributed by atoms with Crippen molar-refractivity contribution in [3.8, 4) is 0 Å². The zero-order valence-corrected chi connectivity index (χ0v) is 12.3. The smallest absolute Gasteiger partial charge is 0.288 e. The fourth-order valence-corrected chi connectivity index (χ4v) is 2.29. The lowest BCUT2D eigenvalue weighted by molar-refractivity contribution is -0.384. The summed E-state index contributed by atoms with van der Waals surface area (Å²) in [6.07, 6.45) is 0. The van der Waals surface area contributed by atoms with Gasteiger partial charge in [-0.05, 0) is 43.2 Å². The van der Waals surface area contributed by atoms with Gasteiger partial charge in [0.25, 0.3) is 5.69 Å². The van der Waals surface area contributed by atoms with E-state index < -0.39 is 4.92 Å². The van der Waals surface area contributed by atoms with E-state index in [4.69, 9.17) is 11.6 Å². The van der Waals surface area contributed by atoms with Crippen LogP contribution in [0.2, 0.25) is 5.02 Å². The first-order valence-electron chi connectivity index (χ1n) is 6.35. The Bertz CT molecular complexity index is 691. The number of aryl methyl sites for hydroxylation is 1. The van der Waals surface area contributed by atoms with Crippen molar-refractivity contribution in [1.82, 2.24) is 0 Å². The van der Waals surface area contributed by atoms with E-state index in [2.05, 4.69) is 5.32 Å². The van der Waals surface area contributed by atoms with E-state index in [1.807, 2.05) is 13.0 Å². The fraction of sp³-hybridized carbons (Fsp3) is 0.200. The number of nitro groups is 1. The summed E-state index contributed by atoms with van der Waals surface area (Å²) in [5.41, 5.74) is 2.04. The summed E-state index contributed by atoms with van der Waals surface area (Å²) in [5.74, 6) is -0.306. The molecule has 0 aliphatic carbocycles. The lowest BCUT2D eigenvalue weighted by atomic mass is 10.1. The summed E-state index contributed by atoms with van der Waals surface area (Å²) in [6.45, 7) is 3.63. The number of nitrogens with zero attached hydrogens (tertiary/aromatic N) is 1. The van der Waals surface area contributed by atoms with Gasteiger partial charge in [0.15, 0.2) is 0 Å². The van der Waals surface area contributed by atoms with Crippen LogP contribution in [-0.4, -0.2) is 4.92 Å². The van der Waals surface area contributed by atoms with Crippen LogP contribution in [0, 0.1) is 22.9 Å². The minimum absolute atomic E-state index is 0.0690. The van der Waals surface area contributed by atoms with Crippen LogP contribution >= 0.6 is 11.6 Å². The number of halogens is 2. The van der Waals surface area contributed by atoms with Crippen molar-refractivity contribution < 1.29 is 9.31 Å². The summed E-state index contributed by atoms with van der Waals surface area (Å²) < 4.78 is 13.2. The molecule has 0 heterocycles. The Labute approximate surface area is 126 Å². The third-order valence-corrected chi connectivity index (χ3v) is 3.51. The molecule has 0 aromatic heterocycles. The number of rotatable bonds is 4. The first kappa shape index (κ1) is 15.3. The molecule has 0 spiro atoms. The van der Waals surface area contributed by atoms with Gasteiger partial charge in [-0.15, -0.1) is 0 Å². The van der Waals surface area contributed by atoms with Crippen LogP contribution in [0.3, 0.4) is 0 Å². The number of nitrogens with one attached hydrogen (secondary N) is 1. The molecule has 0 fully saturated rings. The lowest BCUT2D eigenvalue weighted by Gasteiger charge is -2.18. The summed E-state index contributed by atoms with van der Waals surface area (Å²) in [5, 5.41) is 14.1. The molecule has 2 aromatic rings. The molecule has 0 saturated carbocycles. The van der Waals surface area contributed by atoms with Gasteiger partial charge in [-0.3, -0.25) is 10.1 Å². The van der Waals surface area contributed by atoms with Gasteiger partial charge in [0.05, 0.1) is 4.92 Å². The maximum absolute atomic E-state index is 13.2. The third-order valence-electron chi connectivity index (χ3n) is 3.21. The summed E-state index contributed by atoms with van der Waals surface area (Å²) in [7, 11) is 0. The van der Waals surface area contributed by atoms with Crippen LogP contribution in [0.5, 0.6) is 0 Å². The molecule has 0 amide bonds. The normalized spacial score (nSPS) is 12.0. The highest BCUT2D eigenvalue weighted by atomic mass is 35.5. The van der Waals surface area contributed by atoms with Crippen molar-refractivity contribution >= 4 is 23.0 Å². The second kappa shape index (κ2) is 6.10. The molecular formula is C15H14ClFN2O2. The van der Waals surface area contributed by atoms with Gasteiger partial charge in [0.2, 0.25) is 0 Å². The van der Waals surface area contributed by atoms with E-state index in [-0.39, 0.29) is 22.6 Å². The average Bonchev–Trinajstić information content (AvgIpc) is 2.42. The van der Waals surface area contributed by atoms with Crippen LogP contribution in [0.4, 0.5) is 15.8 Å². The monoisotopic (exact) mass is 308 g/mol. The van der Waals surface area contributed by atoms with E-state index in [0.29, 0.717) is 11.3 Å². The summed E-state index contributed by atoms with van der Waals surface area (Å²) in [4.78, 5) is 10.3. The lowest BCUT2D eigenvalue weighted by Crippen LogP contribution is -2.08. The minimum Gasteiger partial charge on any atom is -0.378 e. The Morgan fingerprint density at radius 3 is 2.67 bits per heavy atom. The topological polar surface area (TPSA) is 55.2 Å². The van der Waals surface area contributed by atoms with Crippen molar-refractivity contribution in [2.45, 2.75) is 19.9 Å². The number of hydrogen-bond donors (Lipinski definition) is 1. The fourth-order valence-electron chi connectivity index (χ4n) is 2.05. The molecule has 6 heteroatoms. The molecule has 2 aromatic carbocycles. The molecule has 0 aliphatic heterocycles. The van der Waals surface area contributed by atoms with Gasteiger partial charge < -0.3 is 5.32 Å². The van der Waals surface area contributed by atoms with Gasteiger partial charge >= 0.3 is 0 Å². The standard InChI is InChI=1S/C15H14ClFN2O2/c1-9-6-15(19(20)21)13(16)8-14(9)18-10(2)11-4-3-5-12(17)7-11/h3-8,10,18H,1-2H3. The second-order valence-corrected chi connectivity index (χ2v) is 5.20. The van der Waals surface area contributed by atoms with Crippen LogP contribution < -0.4 is 5.32 Å². The molecule has 4 nitrogen and oxygen atoms in total. The SMILES string of the molecule is Cc1cc([N+](=O)[O-])c(Cl)cc1NC(C)c1cccc(F)c1. The van der Waals surface area contributed by atoms with Crippen LogP contribution in [0.1, 0.15) is 24.1 Å². The quantitative estimate of drug-likeness (QED) is 0.647. The maximum atomic E-state index is 13.2. The van der Waals surface area contributed by atoms with E-state index in [9.17, 15) is 14.5 Å². The maximum Gasteiger partial charge on any atom is 0.288 e. The predicted molar refractivity (Wildman–Crippen MR) is 81.3 cm³/mol. The van der Waals surface area contributed by atoms with Crippen molar-refractivity contribution in [2.24, 2.45) is 0 Å². The van der Waals surface area contributed by atoms with Crippen molar-refractivity contribution in [3.63, 3.8) is 0 Å². The molecule has 1 atom stereocenters. The van der Waals surface area contributed by atoms with Gasteiger partial charge in [0.1, 0.15) is 10.8 Å². The Kier molecular flexibility index (Phi) is 4.43. The third kappa shape index (κ3) is 3.49. The molecule has 1 unspecified atom stereocenters. The zero-order valence-electron chi connectivity index (χ0n) is 11.6. The first-order valence-corrected chi connectivity index (χ1v) is 6.73. The second-order valence-electron chi connectivity index (χ2n) is 4.80. The van der Waals surface area contributed by atoms with Gasteiger partial charge in [0, 0.05) is 17.8 Å². The van der Waals surface area contributed by atoms with Crippen molar-refractivity contribution in [2.75, 3.05) is 5.32 Å². The van der Waals surface area contributed by atoms with Crippen molar-refractivity contribution in [1.29, 1.82) is 0 Å². The van der Waals surface area contributed by atoms with E-state index >= 15 is 0 Å². The number of benzene rings is 2. The molecule has 110 valence electrons. The highest BCUT2D eigenvalue weighted by molar-refractivity contribution is 6.33. The molecule has 2 rings (SSSR count).